The second kappa shape index (κ2) is 20.1. The van der Waals surface area contributed by atoms with E-state index in [-0.39, 0.29) is 134 Å². The summed E-state index contributed by atoms with van der Waals surface area (Å²) in [6.45, 7) is 19.8. The minimum atomic E-state index is -1.35. The molecule has 17 heterocycles. The van der Waals surface area contributed by atoms with Crippen molar-refractivity contribution in [1.29, 1.82) is 0 Å². The maximum atomic E-state index is 14.6. The number of aliphatic hydroxyl groups excluding tert-OH is 3. The minimum absolute atomic E-state index is 0.0178. The fourth-order valence-electron chi connectivity index (χ4n) is 19.3. The molecule has 17 rings (SSSR count). The number of hydrogen-bond donors (Lipinski definition) is 3. The predicted octanol–water partition coefficient (Wildman–Crippen LogP) is 4.55. The van der Waals surface area contributed by atoms with Crippen molar-refractivity contribution in [2.45, 2.75) is 313 Å². The van der Waals surface area contributed by atoms with E-state index in [1.54, 1.807) is 0 Å². The van der Waals surface area contributed by atoms with Gasteiger partial charge in [-0.1, -0.05) is 40.9 Å². The topological polar surface area (TPSA) is 225 Å². The molecule has 0 aromatic rings. The molecule has 17 aliphatic rings. The van der Waals surface area contributed by atoms with Crippen molar-refractivity contribution in [1.82, 2.24) is 0 Å². The number of aliphatic hydroxyl groups is 3. The van der Waals surface area contributed by atoms with Crippen LogP contribution in [0.5, 0.6) is 0 Å². The Labute approximate surface area is 480 Å². The van der Waals surface area contributed by atoms with Crippen molar-refractivity contribution >= 4 is 5.97 Å². The smallest absolute Gasteiger partial charge is 0.308 e. The van der Waals surface area contributed by atoms with Gasteiger partial charge < -0.3 is 91.1 Å². The molecule has 34 atom stereocenters. The lowest BCUT2D eigenvalue weighted by Crippen LogP contribution is -2.63. The second-order valence-corrected chi connectivity index (χ2v) is 28.8. The monoisotopic (exact) mass is 1150 g/mol. The molecule has 34 unspecified atom stereocenters. The van der Waals surface area contributed by atoms with Gasteiger partial charge in [0.1, 0.15) is 48.3 Å². The maximum Gasteiger partial charge on any atom is 0.308 e. The average Bonchev–Trinajstić information content (AvgIpc) is 3.55. The Morgan fingerprint density at radius 2 is 1.27 bits per heavy atom. The Kier molecular flexibility index (Phi) is 13.6. The molecule has 456 valence electrons. The lowest BCUT2D eigenvalue weighted by atomic mass is 9.77. The van der Waals surface area contributed by atoms with Gasteiger partial charge in [-0.05, 0) is 80.8 Å². The van der Waals surface area contributed by atoms with Crippen LogP contribution in [-0.2, 0) is 80.6 Å². The standard InChI is InChI=1S/C62H88O20/c1-26-14-32-8-10-37-27(2)15-34(68-37)12-13-62-58(66)59(7)57(82-62)56-55(79-59)54(81-62)53-38(72-56)11-9-33(70-53)16-47(65)74-51-31(6)50-43(71-42(51)17-39(69-32)30(26)5)18-40-45(73-50)22-61(76-40)23-46-49(80-61)29(4)21-60(78-46)20-28(3)48-44(77-60)19-41-52(75-48)35(25-67-41)36(64)24-63/h26,28-29,31-46,48-58,63-64,66H,2,5,8-25H2,1,3-4,6-7H3. The van der Waals surface area contributed by atoms with Gasteiger partial charge in [-0.2, -0.15) is 0 Å². The summed E-state index contributed by atoms with van der Waals surface area (Å²) in [5.41, 5.74) is 1.04. The molecule has 0 amide bonds. The minimum Gasteiger partial charge on any atom is -0.459 e. The van der Waals surface area contributed by atoms with Crippen molar-refractivity contribution < 1.29 is 95.9 Å². The molecule has 12 bridgehead atoms. The third kappa shape index (κ3) is 8.80. The molecule has 0 aromatic carbocycles. The third-order valence-corrected chi connectivity index (χ3v) is 23.3. The van der Waals surface area contributed by atoms with Crippen LogP contribution in [0.1, 0.15) is 137 Å². The fraction of sp³-hybridized carbons (Fsp3) is 0.919. The molecule has 3 spiro atoms. The van der Waals surface area contributed by atoms with E-state index >= 15 is 0 Å². The van der Waals surface area contributed by atoms with Gasteiger partial charge in [0.05, 0.1) is 130 Å². The molecule has 17 saturated heterocycles. The normalized spacial score (nSPS) is 59.6. The lowest BCUT2D eigenvalue weighted by Gasteiger charge is -2.54. The first-order valence-corrected chi connectivity index (χ1v) is 31.8. The lowest BCUT2D eigenvalue weighted by molar-refractivity contribution is -0.370. The first kappa shape index (κ1) is 55.5. The van der Waals surface area contributed by atoms with E-state index in [0.717, 1.165) is 30.4 Å². The number of ether oxygens (including phenoxy) is 16. The van der Waals surface area contributed by atoms with Crippen LogP contribution in [0.2, 0.25) is 0 Å². The molecule has 0 saturated carbocycles. The average molecular weight is 1150 g/mol. The molecule has 0 aliphatic carbocycles. The Balaban J connectivity index is 0.633. The zero-order chi connectivity index (χ0) is 56.1. The van der Waals surface area contributed by atoms with Gasteiger partial charge in [-0.3, -0.25) is 4.79 Å². The van der Waals surface area contributed by atoms with Gasteiger partial charge in [0.15, 0.2) is 17.4 Å². The number of esters is 1. The largest absolute Gasteiger partial charge is 0.459 e. The van der Waals surface area contributed by atoms with E-state index in [4.69, 9.17) is 75.8 Å². The summed E-state index contributed by atoms with van der Waals surface area (Å²) < 4.78 is 110. The van der Waals surface area contributed by atoms with Crippen LogP contribution < -0.4 is 0 Å². The van der Waals surface area contributed by atoms with E-state index in [2.05, 4.69) is 40.9 Å². The molecule has 0 radical (unpaired) electrons. The van der Waals surface area contributed by atoms with Gasteiger partial charge in [-0.15, -0.1) is 0 Å². The van der Waals surface area contributed by atoms with Crippen LogP contribution in [0.25, 0.3) is 0 Å². The number of hydrogen-bond acceptors (Lipinski definition) is 20. The summed E-state index contributed by atoms with van der Waals surface area (Å²) in [5, 5.41) is 32.4. The highest BCUT2D eigenvalue weighted by Crippen LogP contribution is 2.60. The fourth-order valence-corrected chi connectivity index (χ4v) is 19.3. The highest BCUT2D eigenvalue weighted by Gasteiger charge is 2.77. The van der Waals surface area contributed by atoms with Crippen LogP contribution >= 0.6 is 0 Å². The molecule has 20 nitrogen and oxygen atoms in total. The molecular weight excluding hydrogens is 1060 g/mol. The Morgan fingerprint density at radius 1 is 0.561 bits per heavy atom. The van der Waals surface area contributed by atoms with Crippen molar-refractivity contribution in [3.05, 3.63) is 24.3 Å². The zero-order valence-corrected chi connectivity index (χ0v) is 48.2. The van der Waals surface area contributed by atoms with E-state index in [9.17, 15) is 20.1 Å². The first-order chi connectivity index (χ1) is 39.4. The van der Waals surface area contributed by atoms with Crippen molar-refractivity contribution in [3.8, 4) is 0 Å². The summed E-state index contributed by atoms with van der Waals surface area (Å²) in [4.78, 5) is 14.6. The van der Waals surface area contributed by atoms with Crippen molar-refractivity contribution in [2.24, 2.45) is 29.6 Å². The molecule has 17 aliphatic heterocycles. The van der Waals surface area contributed by atoms with Crippen LogP contribution in [0, 0.1) is 29.6 Å². The van der Waals surface area contributed by atoms with E-state index in [0.29, 0.717) is 83.7 Å². The summed E-state index contributed by atoms with van der Waals surface area (Å²) in [6.07, 6.45) is -0.562. The molecule has 20 heteroatoms. The van der Waals surface area contributed by atoms with Crippen molar-refractivity contribution in [2.75, 3.05) is 13.2 Å². The molecule has 3 N–H and O–H groups in total. The predicted molar refractivity (Wildman–Crippen MR) is 282 cm³/mol. The Hall–Kier alpha value is -1.77. The quantitative estimate of drug-likeness (QED) is 0.255. The van der Waals surface area contributed by atoms with Crippen LogP contribution in [0.4, 0.5) is 0 Å². The maximum absolute atomic E-state index is 14.6. The van der Waals surface area contributed by atoms with Gasteiger partial charge in [0.2, 0.25) is 0 Å². The number of rotatable bonds is 2. The molecule has 82 heavy (non-hydrogen) atoms. The highest BCUT2D eigenvalue weighted by atomic mass is 16.8. The van der Waals surface area contributed by atoms with E-state index in [1.807, 2.05) is 6.92 Å². The van der Waals surface area contributed by atoms with Gasteiger partial charge in [-0.25, -0.2) is 0 Å². The van der Waals surface area contributed by atoms with Crippen LogP contribution in [0.3, 0.4) is 0 Å². The highest BCUT2D eigenvalue weighted by molar-refractivity contribution is 5.70. The SMILES string of the molecule is C=C1CC2CCC34OC5C6OC(CCC6OC6C5OC(C)(C6O3)C4O)CC(=O)OC3C(CC4OC(CCC1O2)CC(C)C4=C)OC1CC2OC4(CC2OC1C3C)CC1OC2(CC(C)C3OC5C(CC3O2)OCC5C(O)CO)CC(C)C1O4. The second-order valence-electron chi connectivity index (χ2n) is 28.8. The van der Waals surface area contributed by atoms with Gasteiger partial charge in [0, 0.05) is 63.2 Å². The van der Waals surface area contributed by atoms with E-state index < -0.39 is 90.1 Å². The van der Waals surface area contributed by atoms with Gasteiger partial charge in [0.25, 0.3) is 0 Å². The van der Waals surface area contributed by atoms with Gasteiger partial charge >= 0.3 is 5.97 Å². The number of fused-ring (bicyclic) bond motifs is 11. The third-order valence-electron chi connectivity index (χ3n) is 23.3. The Morgan fingerprint density at radius 3 is 2.11 bits per heavy atom. The Bertz CT molecular complexity index is 2500. The first-order valence-electron chi connectivity index (χ1n) is 31.8. The van der Waals surface area contributed by atoms with Crippen LogP contribution in [-0.4, -0.2) is 210 Å². The number of carbonyl (C=O) groups is 1. The van der Waals surface area contributed by atoms with Crippen molar-refractivity contribution in [3.63, 3.8) is 0 Å². The molecular formula is C62H88O20. The molecule has 0 aromatic heterocycles. The number of carbonyl (C=O) groups excluding carboxylic acids is 1. The molecule has 17 fully saturated rings. The summed E-state index contributed by atoms with van der Waals surface area (Å²) in [6, 6.07) is 0. The van der Waals surface area contributed by atoms with Crippen LogP contribution in [0.15, 0.2) is 24.3 Å². The zero-order valence-electron chi connectivity index (χ0n) is 48.2. The van der Waals surface area contributed by atoms with E-state index in [1.165, 1.54) is 0 Å². The summed E-state index contributed by atoms with van der Waals surface area (Å²) in [7, 11) is 0. The summed E-state index contributed by atoms with van der Waals surface area (Å²) in [5.74, 6) is -3.59. The summed E-state index contributed by atoms with van der Waals surface area (Å²) >= 11 is 0.